The summed E-state index contributed by atoms with van der Waals surface area (Å²) in [6.07, 6.45) is 12.5. The minimum atomic E-state index is 0. The van der Waals surface area contributed by atoms with Crippen LogP contribution in [-0.4, -0.2) is 0 Å². The molecule has 0 heterocycles. The van der Waals surface area contributed by atoms with Crippen LogP contribution in [0.2, 0.25) is 0 Å². The Hall–Kier alpha value is 1.64. The molecule has 0 nitrogen and oxygen atoms in total. The van der Waals surface area contributed by atoms with Gasteiger partial charge < -0.3 is 5.92 Å². The van der Waals surface area contributed by atoms with Crippen LogP contribution in [0.1, 0.15) is 78.6 Å². The second-order valence-electron chi connectivity index (χ2n) is 4.06. The summed E-state index contributed by atoms with van der Waals surface area (Å²) in [7, 11) is 0. The summed E-state index contributed by atoms with van der Waals surface area (Å²) in [5, 5.41) is 0. The normalized spacial score (nSPS) is 10.3. The Morgan fingerprint density at radius 3 is 1.64 bits per heavy atom. The van der Waals surface area contributed by atoms with Gasteiger partial charge in [0.1, 0.15) is 0 Å². The Bertz CT molecular complexity index is 85.2. The quantitative estimate of drug-likeness (QED) is 0.318. The van der Waals surface area contributed by atoms with Crippen LogP contribution in [0.5, 0.6) is 0 Å². The van der Waals surface area contributed by atoms with Gasteiger partial charge in [-0.3, -0.25) is 0 Å². The molecule has 0 rings (SSSR count). The molecule has 0 unspecified atom stereocenters. The van der Waals surface area contributed by atoms with Crippen LogP contribution in [0.15, 0.2) is 0 Å². The van der Waals surface area contributed by atoms with E-state index >= 15 is 0 Å². The molecule has 0 saturated heterocycles. The van der Waals surface area contributed by atoms with Gasteiger partial charge in [0.25, 0.3) is 0 Å². The van der Waals surface area contributed by atoms with Crippen molar-refractivity contribution in [2.75, 3.05) is 0 Å². The fraction of sp³-hybridized carbons (Fsp3) is 0.923. The van der Waals surface area contributed by atoms with Gasteiger partial charge in [-0.1, -0.05) is 59.3 Å². The fourth-order valence-electron chi connectivity index (χ4n) is 1.88. The molecule has 0 bridgehead atoms. The predicted molar refractivity (Wildman–Crippen MR) is 61.8 cm³/mol. The van der Waals surface area contributed by atoms with Gasteiger partial charge >= 0.3 is 51.4 Å². The molecule has 0 aliphatic rings. The first-order valence-corrected chi connectivity index (χ1v) is 6.18. The van der Waals surface area contributed by atoms with Crippen LogP contribution in [-0.2, 0) is 0 Å². The maximum Gasteiger partial charge on any atom is 1.00 e. The van der Waals surface area contributed by atoms with Crippen LogP contribution in [0.3, 0.4) is 0 Å². The average Bonchev–Trinajstić information content (AvgIpc) is 2.13. The maximum absolute atomic E-state index is 2.29. The van der Waals surface area contributed by atoms with Crippen LogP contribution in [0, 0.1) is 5.92 Å². The van der Waals surface area contributed by atoms with Crippen molar-refractivity contribution in [2.24, 2.45) is 0 Å². The molecule has 0 saturated carbocycles. The summed E-state index contributed by atoms with van der Waals surface area (Å²) in [5.74, 6) is 1.82. The van der Waals surface area contributed by atoms with Gasteiger partial charge in [-0.2, -0.15) is 19.3 Å². The van der Waals surface area contributed by atoms with Gasteiger partial charge in [0.15, 0.2) is 0 Å². The zero-order valence-corrected chi connectivity index (χ0v) is 14.0. The molecule has 0 aliphatic carbocycles. The van der Waals surface area contributed by atoms with E-state index in [0.29, 0.717) is 0 Å². The van der Waals surface area contributed by atoms with E-state index in [9.17, 15) is 0 Å². The van der Waals surface area contributed by atoms with Crippen molar-refractivity contribution in [3.8, 4) is 0 Å². The third kappa shape index (κ3) is 11.7. The summed E-state index contributed by atoms with van der Waals surface area (Å²) >= 11 is 0. The van der Waals surface area contributed by atoms with Gasteiger partial charge in [-0.25, -0.2) is 0 Å². The van der Waals surface area contributed by atoms with Crippen molar-refractivity contribution in [2.45, 2.75) is 78.6 Å². The van der Waals surface area contributed by atoms with Gasteiger partial charge in [0, 0.05) is 0 Å². The molecule has 0 N–H and O–H groups in total. The first kappa shape index (κ1) is 18.0. The number of rotatable bonds is 9. The smallest absolute Gasteiger partial charge is 0.314 e. The zero-order valence-electron chi connectivity index (χ0n) is 10.9. The van der Waals surface area contributed by atoms with Crippen LogP contribution in [0.4, 0.5) is 0 Å². The van der Waals surface area contributed by atoms with Crippen LogP contribution < -0.4 is 51.4 Å². The third-order valence-corrected chi connectivity index (χ3v) is 2.59. The van der Waals surface area contributed by atoms with E-state index in [1.165, 1.54) is 57.8 Å². The molecule has 1 heteroatoms. The van der Waals surface area contributed by atoms with E-state index in [-0.39, 0.29) is 51.4 Å². The van der Waals surface area contributed by atoms with E-state index in [1.807, 2.05) is 5.92 Å². The SMILES string of the molecule is CCCCCC[C-](CCC)CCC.[K+]. The third-order valence-electron chi connectivity index (χ3n) is 2.59. The summed E-state index contributed by atoms with van der Waals surface area (Å²) < 4.78 is 0. The summed E-state index contributed by atoms with van der Waals surface area (Å²) in [5.41, 5.74) is 0. The van der Waals surface area contributed by atoms with Gasteiger partial charge in [0.05, 0.1) is 0 Å². The second kappa shape index (κ2) is 14.6. The molecule has 14 heavy (non-hydrogen) atoms. The molecule has 0 fully saturated rings. The molecule has 0 aromatic carbocycles. The molecular weight excluding hydrogens is 195 g/mol. The first-order chi connectivity index (χ1) is 6.35. The Morgan fingerprint density at radius 1 is 0.643 bits per heavy atom. The average molecular weight is 222 g/mol. The van der Waals surface area contributed by atoms with Gasteiger partial charge in [-0.15, -0.1) is 0 Å². The molecule has 0 aliphatic heterocycles. The molecule has 0 spiro atoms. The summed E-state index contributed by atoms with van der Waals surface area (Å²) in [6, 6.07) is 0. The van der Waals surface area contributed by atoms with E-state index in [4.69, 9.17) is 0 Å². The van der Waals surface area contributed by atoms with Crippen LogP contribution in [0.25, 0.3) is 0 Å². The first-order valence-electron chi connectivity index (χ1n) is 6.18. The van der Waals surface area contributed by atoms with Crippen molar-refractivity contribution in [1.82, 2.24) is 0 Å². The number of unbranched alkanes of at least 4 members (excludes halogenated alkanes) is 3. The fourth-order valence-corrected chi connectivity index (χ4v) is 1.88. The van der Waals surface area contributed by atoms with Gasteiger partial charge in [0.2, 0.25) is 0 Å². The molecule has 0 radical (unpaired) electrons. The van der Waals surface area contributed by atoms with Gasteiger partial charge in [-0.05, 0) is 0 Å². The van der Waals surface area contributed by atoms with Crippen molar-refractivity contribution in [3.63, 3.8) is 0 Å². The molecule has 0 aromatic rings. The monoisotopic (exact) mass is 222 g/mol. The Morgan fingerprint density at radius 2 is 1.21 bits per heavy atom. The van der Waals surface area contributed by atoms with Crippen molar-refractivity contribution >= 4 is 0 Å². The van der Waals surface area contributed by atoms with E-state index in [2.05, 4.69) is 20.8 Å². The Kier molecular flexibility index (Phi) is 18.8. The Balaban J connectivity index is 0. The summed E-state index contributed by atoms with van der Waals surface area (Å²) in [6.45, 7) is 6.87. The van der Waals surface area contributed by atoms with Crippen molar-refractivity contribution < 1.29 is 51.4 Å². The summed E-state index contributed by atoms with van der Waals surface area (Å²) in [4.78, 5) is 0. The largest absolute Gasteiger partial charge is 1.00 e. The molecular formula is C13H27K. The minimum absolute atomic E-state index is 0. The van der Waals surface area contributed by atoms with Crippen molar-refractivity contribution in [3.05, 3.63) is 5.92 Å². The predicted octanol–water partition coefficient (Wildman–Crippen LogP) is 2.14. The molecule has 0 aromatic heterocycles. The molecule has 80 valence electrons. The van der Waals surface area contributed by atoms with Crippen LogP contribution >= 0.6 is 0 Å². The van der Waals surface area contributed by atoms with E-state index in [0.717, 1.165) is 0 Å². The number of hydrogen-bond acceptors (Lipinski definition) is 0. The molecule has 0 amide bonds. The van der Waals surface area contributed by atoms with Crippen molar-refractivity contribution in [1.29, 1.82) is 0 Å². The molecule has 0 atom stereocenters. The minimum Gasteiger partial charge on any atom is -0.314 e. The standard InChI is InChI=1S/C13H27.K/c1-4-7-8-9-12-13(10-5-2)11-6-3;/h4-12H2,1-3H3;/q-1;+1. The maximum atomic E-state index is 2.29. The Labute approximate surface area is 134 Å². The zero-order chi connectivity index (χ0) is 9.94. The number of hydrogen-bond donors (Lipinski definition) is 0. The topological polar surface area (TPSA) is 0 Å². The second-order valence-corrected chi connectivity index (χ2v) is 4.06. The van der Waals surface area contributed by atoms with E-state index in [1.54, 1.807) is 0 Å². The van der Waals surface area contributed by atoms with E-state index < -0.39 is 0 Å².